The first-order chi connectivity index (χ1) is 7.00. The van der Waals surface area contributed by atoms with Crippen LogP contribution in [0.4, 0.5) is 11.5 Å². The fourth-order valence-corrected chi connectivity index (χ4v) is 0.901. The van der Waals surface area contributed by atoms with Crippen molar-refractivity contribution in [3.8, 4) is 0 Å². The molecule has 1 aromatic rings. The molecule has 1 atom stereocenters. The van der Waals surface area contributed by atoms with Crippen LogP contribution in [0.1, 0.15) is 6.92 Å². The van der Waals surface area contributed by atoms with Crippen LogP contribution in [-0.4, -0.2) is 21.9 Å². The van der Waals surface area contributed by atoms with Gasteiger partial charge in [0.1, 0.15) is 6.04 Å². The number of carbonyl (C=O) groups excluding carboxylic acids is 1. The van der Waals surface area contributed by atoms with Crippen LogP contribution in [0.5, 0.6) is 0 Å². The highest BCUT2D eigenvalue weighted by atomic mass is 16.6. The Bertz CT molecular complexity index is 376. The van der Waals surface area contributed by atoms with Crippen molar-refractivity contribution in [2.24, 2.45) is 5.73 Å². The van der Waals surface area contributed by atoms with Gasteiger partial charge in [-0.2, -0.15) is 0 Å². The molecule has 7 nitrogen and oxygen atoms in total. The van der Waals surface area contributed by atoms with E-state index in [1.165, 1.54) is 18.3 Å². The molecule has 0 saturated carbocycles. The lowest BCUT2D eigenvalue weighted by atomic mass is 10.3. The number of nitrogens with two attached hydrogens (primary N) is 1. The molecule has 0 aliphatic carbocycles. The summed E-state index contributed by atoms with van der Waals surface area (Å²) < 4.78 is 0. The molecule has 7 heteroatoms. The molecular weight excluding hydrogens is 200 g/mol. The van der Waals surface area contributed by atoms with Gasteiger partial charge in [-0.15, -0.1) is 0 Å². The second-order valence-corrected chi connectivity index (χ2v) is 2.93. The van der Waals surface area contributed by atoms with Gasteiger partial charge in [0.2, 0.25) is 5.91 Å². The standard InChI is InChI=1S/C8H10N4O3/c1-5(8(9)13)11-6-2-3-7(10-4-6)12(14)15/h2-5,11H,1H3,(H2,9,13). The molecule has 1 rings (SSSR count). The van der Waals surface area contributed by atoms with Crippen molar-refractivity contribution < 1.29 is 9.72 Å². The maximum absolute atomic E-state index is 10.7. The Hall–Kier alpha value is -2.18. The third-order valence-electron chi connectivity index (χ3n) is 1.74. The fourth-order valence-electron chi connectivity index (χ4n) is 0.901. The van der Waals surface area contributed by atoms with E-state index in [-0.39, 0.29) is 5.82 Å². The zero-order valence-corrected chi connectivity index (χ0v) is 8.01. The molecule has 1 heterocycles. The third-order valence-corrected chi connectivity index (χ3v) is 1.74. The van der Waals surface area contributed by atoms with Crippen LogP contribution in [0.15, 0.2) is 18.3 Å². The van der Waals surface area contributed by atoms with E-state index in [0.29, 0.717) is 5.69 Å². The van der Waals surface area contributed by atoms with Crippen LogP contribution in [0.3, 0.4) is 0 Å². The van der Waals surface area contributed by atoms with E-state index in [9.17, 15) is 14.9 Å². The third kappa shape index (κ3) is 2.90. The van der Waals surface area contributed by atoms with Gasteiger partial charge in [-0.25, -0.2) is 0 Å². The van der Waals surface area contributed by atoms with E-state index < -0.39 is 16.9 Å². The van der Waals surface area contributed by atoms with E-state index in [1.54, 1.807) is 6.92 Å². The minimum atomic E-state index is -0.596. The number of hydrogen-bond donors (Lipinski definition) is 2. The molecule has 0 aliphatic rings. The largest absolute Gasteiger partial charge is 0.371 e. The molecule has 0 aliphatic heterocycles. The summed E-state index contributed by atoms with van der Waals surface area (Å²) in [5.74, 6) is -0.749. The number of nitrogens with one attached hydrogen (secondary N) is 1. The number of aromatic nitrogens is 1. The summed E-state index contributed by atoms with van der Waals surface area (Å²) in [6.07, 6.45) is 1.28. The Morgan fingerprint density at radius 3 is 2.73 bits per heavy atom. The van der Waals surface area contributed by atoms with Crippen LogP contribution in [0.25, 0.3) is 0 Å². The molecule has 0 radical (unpaired) electrons. The number of primary amides is 1. The lowest BCUT2D eigenvalue weighted by Crippen LogP contribution is -2.32. The van der Waals surface area contributed by atoms with Gasteiger partial charge >= 0.3 is 5.82 Å². The molecule has 1 aromatic heterocycles. The molecular formula is C8H10N4O3. The quantitative estimate of drug-likeness (QED) is 0.547. The molecule has 0 saturated heterocycles. The highest BCUT2D eigenvalue weighted by Crippen LogP contribution is 2.11. The number of amides is 1. The lowest BCUT2D eigenvalue weighted by Gasteiger charge is -2.09. The van der Waals surface area contributed by atoms with E-state index in [2.05, 4.69) is 10.3 Å². The van der Waals surface area contributed by atoms with Gasteiger partial charge in [0.15, 0.2) is 6.20 Å². The first-order valence-electron chi connectivity index (χ1n) is 4.17. The predicted octanol–water partition coefficient (Wildman–Crippen LogP) is 0.275. The topological polar surface area (TPSA) is 111 Å². The number of pyridine rings is 1. The van der Waals surface area contributed by atoms with Crippen molar-refractivity contribution >= 4 is 17.4 Å². The molecule has 0 aromatic carbocycles. The second-order valence-electron chi connectivity index (χ2n) is 2.93. The zero-order chi connectivity index (χ0) is 11.4. The van der Waals surface area contributed by atoms with Crippen LogP contribution in [-0.2, 0) is 4.79 Å². The minimum absolute atomic E-state index is 0.243. The van der Waals surface area contributed by atoms with Gasteiger partial charge in [-0.1, -0.05) is 0 Å². The first kappa shape index (κ1) is 10.9. The maximum atomic E-state index is 10.7. The van der Waals surface area contributed by atoms with E-state index >= 15 is 0 Å². The van der Waals surface area contributed by atoms with Gasteiger partial charge in [0.05, 0.1) is 5.69 Å². The Morgan fingerprint density at radius 2 is 2.33 bits per heavy atom. The lowest BCUT2D eigenvalue weighted by molar-refractivity contribution is -0.389. The summed E-state index contributed by atoms with van der Waals surface area (Å²) in [7, 11) is 0. The SMILES string of the molecule is CC(Nc1ccc([N+](=O)[O-])nc1)C(N)=O. The number of carbonyl (C=O) groups is 1. The summed E-state index contributed by atoms with van der Waals surface area (Å²) in [6.45, 7) is 1.59. The Kier molecular flexibility index (Phi) is 3.17. The Morgan fingerprint density at radius 1 is 1.67 bits per heavy atom. The molecule has 1 unspecified atom stereocenters. The number of nitro groups is 1. The molecule has 80 valence electrons. The van der Waals surface area contributed by atoms with Crippen molar-refractivity contribution in [1.82, 2.24) is 4.98 Å². The molecule has 3 N–H and O–H groups in total. The Balaban J connectivity index is 2.72. The molecule has 0 spiro atoms. The fraction of sp³-hybridized carbons (Fsp3) is 0.250. The van der Waals surface area contributed by atoms with Gasteiger partial charge < -0.3 is 21.2 Å². The maximum Gasteiger partial charge on any atom is 0.363 e. The summed E-state index contributed by atoms with van der Waals surface area (Å²) in [6, 6.07) is 2.16. The summed E-state index contributed by atoms with van der Waals surface area (Å²) in [4.78, 5) is 24.0. The normalized spacial score (nSPS) is 11.8. The van der Waals surface area contributed by atoms with Crippen molar-refractivity contribution in [3.05, 3.63) is 28.4 Å². The number of anilines is 1. The first-order valence-corrected chi connectivity index (χ1v) is 4.17. The highest BCUT2D eigenvalue weighted by Gasteiger charge is 2.10. The van der Waals surface area contributed by atoms with Gasteiger partial charge in [-0.3, -0.25) is 4.79 Å². The van der Waals surface area contributed by atoms with E-state index in [0.717, 1.165) is 0 Å². The average molecular weight is 210 g/mol. The smallest absolute Gasteiger partial charge is 0.363 e. The molecule has 15 heavy (non-hydrogen) atoms. The predicted molar refractivity (Wildman–Crippen MR) is 53.2 cm³/mol. The summed E-state index contributed by atoms with van der Waals surface area (Å²) in [5.41, 5.74) is 5.54. The summed E-state index contributed by atoms with van der Waals surface area (Å²) >= 11 is 0. The zero-order valence-electron chi connectivity index (χ0n) is 8.01. The summed E-state index contributed by atoms with van der Waals surface area (Å²) in [5, 5.41) is 13.0. The Labute approximate surface area is 85.5 Å². The molecule has 0 fully saturated rings. The second kappa shape index (κ2) is 4.36. The molecule has 1 amide bonds. The van der Waals surface area contributed by atoms with E-state index in [1.807, 2.05) is 0 Å². The number of rotatable bonds is 4. The van der Waals surface area contributed by atoms with E-state index in [4.69, 9.17) is 5.73 Å². The van der Waals surface area contributed by atoms with Gasteiger partial charge in [0.25, 0.3) is 0 Å². The van der Waals surface area contributed by atoms with Crippen LogP contribution in [0.2, 0.25) is 0 Å². The molecule has 0 bridgehead atoms. The average Bonchev–Trinajstić information content (AvgIpc) is 2.18. The van der Waals surface area contributed by atoms with Gasteiger partial charge in [-0.05, 0) is 22.9 Å². The minimum Gasteiger partial charge on any atom is -0.371 e. The van der Waals surface area contributed by atoms with Crippen molar-refractivity contribution in [2.75, 3.05) is 5.32 Å². The van der Waals surface area contributed by atoms with Crippen LogP contribution < -0.4 is 11.1 Å². The number of hydrogen-bond acceptors (Lipinski definition) is 5. The highest BCUT2D eigenvalue weighted by molar-refractivity contribution is 5.82. The van der Waals surface area contributed by atoms with Crippen LogP contribution in [0, 0.1) is 10.1 Å². The van der Waals surface area contributed by atoms with Crippen molar-refractivity contribution in [2.45, 2.75) is 13.0 Å². The monoisotopic (exact) mass is 210 g/mol. The number of nitrogens with zero attached hydrogens (tertiary/aromatic N) is 2. The van der Waals surface area contributed by atoms with Crippen molar-refractivity contribution in [3.63, 3.8) is 0 Å². The van der Waals surface area contributed by atoms with Crippen molar-refractivity contribution in [1.29, 1.82) is 0 Å². The van der Waals surface area contributed by atoms with Crippen LogP contribution >= 0.6 is 0 Å². The van der Waals surface area contributed by atoms with Gasteiger partial charge in [0, 0.05) is 6.07 Å².